The van der Waals surface area contributed by atoms with Crippen LogP contribution in [0, 0.1) is 0 Å². The SMILES string of the molecule is CCCCP(CCCC)(CCCC)(CCCC)OC(=O)c1cccc(-c2ccccc2)c1O. The predicted octanol–water partition coefficient (Wildman–Crippen LogP) is 8.88. The van der Waals surface area contributed by atoms with Crippen LogP contribution in [0.15, 0.2) is 48.5 Å². The van der Waals surface area contributed by atoms with Crippen molar-refractivity contribution in [3.63, 3.8) is 0 Å². The van der Waals surface area contributed by atoms with Crippen LogP contribution in [-0.4, -0.2) is 35.7 Å². The number of phenols is 1. The van der Waals surface area contributed by atoms with Gasteiger partial charge in [-0.1, -0.05) is 0 Å². The number of phenolic OH excluding ortho intramolecular Hbond substituents is 1. The third-order valence-corrected chi connectivity index (χ3v) is 13.5. The second kappa shape index (κ2) is 13.1. The quantitative estimate of drug-likeness (QED) is 0.263. The molecule has 1 N–H and O–H groups in total. The summed E-state index contributed by atoms with van der Waals surface area (Å²) in [5.41, 5.74) is 1.87. The van der Waals surface area contributed by atoms with Gasteiger partial charge in [0.05, 0.1) is 0 Å². The molecule has 0 aliphatic carbocycles. The van der Waals surface area contributed by atoms with Gasteiger partial charge < -0.3 is 0 Å². The topological polar surface area (TPSA) is 46.5 Å². The Morgan fingerprint density at radius 1 is 0.727 bits per heavy atom. The fourth-order valence-electron chi connectivity index (χ4n) is 4.93. The van der Waals surface area contributed by atoms with Crippen molar-refractivity contribution in [1.82, 2.24) is 0 Å². The third kappa shape index (κ3) is 7.06. The van der Waals surface area contributed by atoms with Crippen LogP contribution in [0.4, 0.5) is 0 Å². The second-order valence-corrected chi connectivity index (χ2v) is 15.3. The van der Waals surface area contributed by atoms with Gasteiger partial charge in [0.1, 0.15) is 0 Å². The number of rotatable bonds is 15. The summed E-state index contributed by atoms with van der Waals surface area (Å²) in [6.45, 7) is 6.14. The molecular formula is C29H45O3P. The summed E-state index contributed by atoms with van der Waals surface area (Å²) in [6.07, 6.45) is 12.9. The molecule has 0 radical (unpaired) electrons. The van der Waals surface area contributed by atoms with Crippen molar-refractivity contribution in [2.75, 3.05) is 24.6 Å². The molecule has 0 atom stereocenters. The van der Waals surface area contributed by atoms with E-state index in [-0.39, 0.29) is 11.7 Å². The molecule has 2 aromatic rings. The molecular weight excluding hydrogens is 427 g/mol. The first-order valence-corrected chi connectivity index (χ1v) is 16.0. The van der Waals surface area contributed by atoms with Crippen LogP contribution in [0.2, 0.25) is 0 Å². The minimum atomic E-state index is -2.76. The van der Waals surface area contributed by atoms with Gasteiger partial charge in [0.15, 0.2) is 0 Å². The molecule has 0 saturated heterocycles. The molecule has 0 fully saturated rings. The van der Waals surface area contributed by atoms with Crippen molar-refractivity contribution in [2.24, 2.45) is 0 Å². The van der Waals surface area contributed by atoms with Crippen LogP contribution in [0.25, 0.3) is 11.1 Å². The average Bonchev–Trinajstić information content (AvgIpc) is 2.85. The van der Waals surface area contributed by atoms with Crippen LogP contribution in [-0.2, 0) is 4.52 Å². The molecule has 0 aromatic heterocycles. The number of unbranched alkanes of at least 4 members (excludes halogenated alkanes) is 4. The van der Waals surface area contributed by atoms with Crippen molar-refractivity contribution in [1.29, 1.82) is 0 Å². The molecule has 0 bridgehead atoms. The van der Waals surface area contributed by atoms with E-state index in [1.165, 1.54) is 0 Å². The zero-order chi connectivity index (χ0) is 24.2. The fraction of sp³-hybridized carbons (Fsp3) is 0.552. The Hall–Kier alpha value is -1.86. The van der Waals surface area contributed by atoms with Crippen molar-refractivity contribution in [3.05, 3.63) is 54.1 Å². The first kappa shape index (κ1) is 27.4. The van der Waals surface area contributed by atoms with Gasteiger partial charge in [-0.05, 0) is 0 Å². The van der Waals surface area contributed by atoms with E-state index in [9.17, 15) is 9.90 Å². The Morgan fingerprint density at radius 3 is 1.67 bits per heavy atom. The van der Waals surface area contributed by atoms with E-state index in [4.69, 9.17) is 4.52 Å². The average molecular weight is 473 g/mol. The first-order chi connectivity index (χ1) is 15.9. The van der Waals surface area contributed by atoms with E-state index >= 15 is 0 Å². The Kier molecular flexibility index (Phi) is 10.9. The minimum absolute atomic E-state index is 0.0299. The zero-order valence-electron chi connectivity index (χ0n) is 21.3. The van der Waals surface area contributed by atoms with E-state index < -0.39 is 6.83 Å². The summed E-state index contributed by atoms with van der Waals surface area (Å²) in [6, 6.07) is 15.2. The van der Waals surface area contributed by atoms with Gasteiger partial charge in [-0.3, -0.25) is 0 Å². The number of benzene rings is 2. The summed E-state index contributed by atoms with van der Waals surface area (Å²) >= 11 is 0. The molecule has 4 heteroatoms. The second-order valence-electron chi connectivity index (χ2n) is 9.61. The summed E-state index contributed by atoms with van der Waals surface area (Å²) in [5, 5.41) is 11.1. The number of carbonyl (C=O) groups excluding carboxylic acids is 1. The van der Waals surface area contributed by atoms with E-state index in [1.807, 2.05) is 42.5 Å². The summed E-state index contributed by atoms with van der Waals surface area (Å²) in [7, 11) is 0. The van der Waals surface area contributed by atoms with E-state index in [0.29, 0.717) is 11.1 Å². The molecule has 184 valence electrons. The molecule has 0 saturated carbocycles. The molecule has 2 aromatic carbocycles. The molecule has 0 amide bonds. The fourth-order valence-corrected chi connectivity index (χ4v) is 11.7. The van der Waals surface area contributed by atoms with Gasteiger partial charge in [0.2, 0.25) is 0 Å². The first-order valence-electron chi connectivity index (χ1n) is 13.1. The van der Waals surface area contributed by atoms with Crippen LogP contribution < -0.4 is 0 Å². The maximum absolute atomic E-state index is 13.8. The van der Waals surface area contributed by atoms with E-state index in [2.05, 4.69) is 27.7 Å². The van der Waals surface area contributed by atoms with Crippen molar-refractivity contribution < 1.29 is 14.4 Å². The number of hydrogen-bond acceptors (Lipinski definition) is 3. The van der Waals surface area contributed by atoms with Crippen LogP contribution in [0.1, 0.15) is 89.4 Å². The Labute approximate surface area is 202 Å². The van der Waals surface area contributed by atoms with Gasteiger partial charge in [-0.15, -0.1) is 0 Å². The summed E-state index contributed by atoms with van der Waals surface area (Å²) in [5.74, 6) is -0.301. The van der Waals surface area contributed by atoms with Crippen molar-refractivity contribution in [2.45, 2.75) is 79.1 Å². The number of para-hydroxylation sites is 1. The van der Waals surface area contributed by atoms with Crippen molar-refractivity contribution in [3.8, 4) is 16.9 Å². The Morgan fingerprint density at radius 2 is 1.21 bits per heavy atom. The van der Waals surface area contributed by atoms with Gasteiger partial charge >= 0.3 is 202 Å². The Balaban J connectivity index is 2.52. The predicted molar refractivity (Wildman–Crippen MR) is 145 cm³/mol. The van der Waals surface area contributed by atoms with Gasteiger partial charge in [0.25, 0.3) is 0 Å². The summed E-state index contributed by atoms with van der Waals surface area (Å²) < 4.78 is 6.82. The number of hydrogen-bond donors (Lipinski definition) is 1. The molecule has 0 aliphatic heterocycles. The van der Waals surface area contributed by atoms with Crippen LogP contribution in [0.3, 0.4) is 0 Å². The van der Waals surface area contributed by atoms with E-state index in [0.717, 1.165) is 81.6 Å². The van der Waals surface area contributed by atoms with Crippen molar-refractivity contribution >= 4 is 12.8 Å². The molecule has 3 nitrogen and oxygen atoms in total. The zero-order valence-corrected chi connectivity index (χ0v) is 22.2. The molecule has 0 aliphatic rings. The number of carbonyl (C=O) groups is 1. The molecule has 0 unspecified atom stereocenters. The van der Waals surface area contributed by atoms with Crippen LogP contribution >= 0.6 is 6.83 Å². The monoisotopic (exact) mass is 472 g/mol. The van der Waals surface area contributed by atoms with Crippen LogP contribution in [0.5, 0.6) is 5.75 Å². The van der Waals surface area contributed by atoms with E-state index in [1.54, 1.807) is 6.07 Å². The Bertz CT molecular complexity index is 819. The standard InChI is InChI=1S/C29H45O3P/c1-5-9-21-33(22-10-6-2,23-11-7-3,24-12-8-4)32-29(31)27-20-16-19-26(28(27)30)25-17-14-13-15-18-25/h13-20,30H,5-12,21-24H2,1-4H3. The maximum atomic E-state index is 13.8. The molecule has 0 spiro atoms. The third-order valence-electron chi connectivity index (χ3n) is 6.99. The number of aromatic hydroxyl groups is 1. The van der Waals surface area contributed by atoms with Gasteiger partial charge in [0, 0.05) is 0 Å². The normalized spacial score (nSPS) is 12.8. The molecule has 33 heavy (non-hydrogen) atoms. The molecule has 2 rings (SSSR count). The molecule has 0 heterocycles. The summed E-state index contributed by atoms with van der Waals surface area (Å²) in [4.78, 5) is 13.8. The van der Waals surface area contributed by atoms with Gasteiger partial charge in [-0.2, -0.15) is 0 Å². The van der Waals surface area contributed by atoms with Gasteiger partial charge in [-0.25, -0.2) is 0 Å².